The van der Waals surface area contributed by atoms with Crippen molar-refractivity contribution in [2.45, 2.75) is 13.8 Å². The molecule has 1 rings (SSSR count). The lowest BCUT2D eigenvalue weighted by Gasteiger charge is -2.15. The van der Waals surface area contributed by atoms with E-state index in [1.165, 1.54) is 13.3 Å². The fraction of sp³-hybridized carbons (Fsp3) is 0.571. The Kier molecular flexibility index (Phi) is 2.12. The molecule has 1 N–H and O–H groups in total. The summed E-state index contributed by atoms with van der Waals surface area (Å²) in [5.41, 5.74) is 2.18. The van der Waals surface area contributed by atoms with E-state index in [0.29, 0.717) is 5.71 Å². The van der Waals surface area contributed by atoms with E-state index in [-0.39, 0.29) is 5.91 Å². The molecule has 0 aliphatic carbocycles. The maximum atomic E-state index is 11.2. The van der Waals surface area contributed by atoms with Gasteiger partial charge in [-0.1, -0.05) is 5.16 Å². The van der Waals surface area contributed by atoms with Gasteiger partial charge in [0.05, 0.1) is 5.71 Å². The van der Waals surface area contributed by atoms with Crippen LogP contribution in [0.25, 0.3) is 0 Å². The molecule has 1 heterocycles. The Hall–Kier alpha value is -1.39. The molecular formula is C7H11N3O2. The van der Waals surface area contributed by atoms with Crippen LogP contribution in [0.15, 0.2) is 10.3 Å². The van der Waals surface area contributed by atoms with Crippen molar-refractivity contribution in [1.29, 1.82) is 0 Å². The van der Waals surface area contributed by atoms with Crippen LogP contribution < -0.4 is 5.43 Å². The van der Waals surface area contributed by atoms with Crippen LogP contribution in [-0.2, 0) is 9.63 Å². The average Bonchev–Trinajstić information content (AvgIpc) is 2.34. The Morgan fingerprint density at radius 1 is 1.83 bits per heavy atom. The van der Waals surface area contributed by atoms with E-state index in [1.807, 2.05) is 0 Å². The maximum Gasteiger partial charge on any atom is 0.257 e. The van der Waals surface area contributed by atoms with Gasteiger partial charge >= 0.3 is 0 Å². The minimum Gasteiger partial charge on any atom is -0.399 e. The second-order valence-corrected chi connectivity index (χ2v) is 2.76. The number of nitrogens with one attached hydrogen (secondary N) is 1. The summed E-state index contributed by atoms with van der Waals surface area (Å²) in [7, 11) is 1.44. The van der Waals surface area contributed by atoms with Gasteiger partial charge in [0.2, 0.25) is 0 Å². The molecule has 66 valence electrons. The number of hydrogen-bond donors (Lipinski definition) is 1. The van der Waals surface area contributed by atoms with Crippen molar-refractivity contribution >= 4 is 17.8 Å². The van der Waals surface area contributed by atoms with Gasteiger partial charge in [-0.05, 0) is 13.8 Å². The Morgan fingerprint density at radius 2 is 2.50 bits per heavy atom. The molecule has 5 heteroatoms. The highest BCUT2D eigenvalue weighted by atomic mass is 16.6. The number of hydrogen-bond acceptors (Lipinski definition) is 4. The molecule has 0 bridgehead atoms. The smallest absolute Gasteiger partial charge is 0.257 e. The number of amides is 1. The first-order chi connectivity index (χ1) is 5.61. The Bertz CT molecular complexity index is 259. The molecule has 5 nitrogen and oxygen atoms in total. The highest BCUT2D eigenvalue weighted by Crippen LogP contribution is 2.19. The fourth-order valence-corrected chi connectivity index (χ4v) is 0.884. The van der Waals surface area contributed by atoms with E-state index in [4.69, 9.17) is 0 Å². The molecular weight excluding hydrogens is 158 g/mol. The molecule has 0 saturated heterocycles. The molecule has 12 heavy (non-hydrogen) atoms. The first-order valence-electron chi connectivity index (χ1n) is 3.54. The predicted octanol–water partition coefficient (Wildman–Crippen LogP) is 0.131. The largest absolute Gasteiger partial charge is 0.399 e. The van der Waals surface area contributed by atoms with Gasteiger partial charge in [0.15, 0.2) is 0 Å². The summed E-state index contributed by atoms with van der Waals surface area (Å²) in [5.74, 6) is -0.180. The number of hydrazone groups is 1. The van der Waals surface area contributed by atoms with Crippen LogP contribution in [0.1, 0.15) is 13.8 Å². The topological polar surface area (TPSA) is 63.1 Å². The van der Waals surface area contributed by atoms with Gasteiger partial charge in [0.25, 0.3) is 5.91 Å². The summed E-state index contributed by atoms with van der Waals surface area (Å²) in [6.07, 6.45) is 1.52. The summed E-state index contributed by atoms with van der Waals surface area (Å²) in [6.45, 7) is 3.46. The van der Waals surface area contributed by atoms with Crippen molar-refractivity contribution in [3.05, 3.63) is 0 Å². The second kappa shape index (κ2) is 2.92. The standard InChI is InChI=1S/C7H11N3O2/c1-5(10-12-3)7(2)4-8-9-6(7)11/h4H,1-3H3,(H,9,11)/b10-5+. The van der Waals surface area contributed by atoms with Crippen LogP contribution in [0.2, 0.25) is 0 Å². The van der Waals surface area contributed by atoms with Gasteiger partial charge < -0.3 is 4.84 Å². The lowest BCUT2D eigenvalue weighted by atomic mass is 9.87. The summed E-state index contributed by atoms with van der Waals surface area (Å²) in [5, 5.41) is 7.35. The highest BCUT2D eigenvalue weighted by Gasteiger charge is 2.38. The molecule has 0 spiro atoms. The van der Waals surface area contributed by atoms with Crippen LogP contribution in [0.3, 0.4) is 0 Å². The second-order valence-electron chi connectivity index (χ2n) is 2.76. The van der Waals surface area contributed by atoms with E-state index >= 15 is 0 Å². The first kappa shape index (κ1) is 8.70. The number of nitrogens with zero attached hydrogens (tertiary/aromatic N) is 2. The highest BCUT2D eigenvalue weighted by molar-refractivity contribution is 6.21. The van der Waals surface area contributed by atoms with Crippen LogP contribution in [0, 0.1) is 5.41 Å². The quantitative estimate of drug-likeness (QED) is 0.471. The lowest BCUT2D eigenvalue weighted by Crippen LogP contribution is -2.37. The van der Waals surface area contributed by atoms with Crippen LogP contribution >= 0.6 is 0 Å². The van der Waals surface area contributed by atoms with Crippen molar-refractivity contribution in [3.63, 3.8) is 0 Å². The Balaban J connectivity index is 2.91. The van der Waals surface area contributed by atoms with Gasteiger partial charge in [-0.2, -0.15) is 5.10 Å². The third-order valence-corrected chi connectivity index (χ3v) is 1.94. The summed E-state index contributed by atoms with van der Waals surface area (Å²) < 4.78 is 0. The predicted molar refractivity (Wildman–Crippen MR) is 44.9 cm³/mol. The minimum atomic E-state index is -0.754. The normalized spacial score (nSPS) is 28.9. The number of carbonyl (C=O) groups is 1. The molecule has 1 atom stereocenters. The van der Waals surface area contributed by atoms with Gasteiger partial charge in [0, 0.05) is 6.21 Å². The van der Waals surface area contributed by atoms with Gasteiger partial charge in [0.1, 0.15) is 12.5 Å². The zero-order valence-corrected chi connectivity index (χ0v) is 7.29. The average molecular weight is 169 g/mol. The molecule has 0 aromatic carbocycles. The van der Waals surface area contributed by atoms with Crippen LogP contribution in [0.5, 0.6) is 0 Å². The van der Waals surface area contributed by atoms with Crippen molar-refractivity contribution in [2.75, 3.05) is 7.11 Å². The zero-order chi connectivity index (χ0) is 9.19. The molecule has 0 aromatic heterocycles. The molecule has 0 aromatic rings. The monoisotopic (exact) mass is 169 g/mol. The maximum absolute atomic E-state index is 11.2. The van der Waals surface area contributed by atoms with E-state index in [9.17, 15) is 4.79 Å². The summed E-state index contributed by atoms with van der Waals surface area (Å²) in [4.78, 5) is 15.8. The Labute approximate surface area is 70.5 Å². The first-order valence-corrected chi connectivity index (χ1v) is 3.54. The summed E-state index contributed by atoms with van der Waals surface area (Å²) in [6, 6.07) is 0. The summed E-state index contributed by atoms with van der Waals surface area (Å²) >= 11 is 0. The third-order valence-electron chi connectivity index (χ3n) is 1.94. The van der Waals surface area contributed by atoms with Crippen molar-refractivity contribution in [3.8, 4) is 0 Å². The number of oxime groups is 1. The minimum absolute atomic E-state index is 0.180. The van der Waals surface area contributed by atoms with E-state index in [1.54, 1.807) is 13.8 Å². The molecule has 0 saturated carbocycles. The van der Waals surface area contributed by atoms with Crippen molar-refractivity contribution in [2.24, 2.45) is 15.7 Å². The van der Waals surface area contributed by atoms with Crippen molar-refractivity contribution < 1.29 is 9.63 Å². The molecule has 1 unspecified atom stereocenters. The fourth-order valence-electron chi connectivity index (χ4n) is 0.884. The van der Waals surface area contributed by atoms with Gasteiger partial charge in [-0.3, -0.25) is 4.79 Å². The lowest BCUT2D eigenvalue weighted by molar-refractivity contribution is -0.123. The molecule has 1 aliphatic heterocycles. The van der Waals surface area contributed by atoms with Gasteiger partial charge in [-0.15, -0.1) is 0 Å². The SMILES string of the molecule is CO/N=C(\C)C1(C)C=NNC1=O. The van der Waals surface area contributed by atoms with Crippen molar-refractivity contribution in [1.82, 2.24) is 5.43 Å². The molecule has 1 aliphatic rings. The van der Waals surface area contributed by atoms with Crippen LogP contribution in [0.4, 0.5) is 0 Å². The van der Waals surface area contributed by atoms with E-state index < -0.39 is 5.41 Å². The number of rotatable bonds is 2. The van der Waals surface area contributed by atoms with Crippen LogP contribution in [-0.4, -0.2) is 24.9 Å². The van der Waals surface area contributed by atoms with Gasteiger partial charge in [-0.25, -0.2) is 5.43 Å². The molecule has 1 amide bonds. The zero-order valence-electron chi connectivity index (χ0n) is 7.29. The molecule has 0 fully saturated rings. The number of carbonyl (C=O) groups excluding carboxylic acids is 1. The van der Waals surface area contributed by atoms with E-state index in [0.717, 1.165) is 0 Å². The van der Waals surface area contributed by atoms with E-state index in [2.05, 4.69) is 20.5 Å². The third kappa shape index (κ3) is 1.17. The molecule has 0 radical (unpaired) electrons. The Morgan fingerprint density at radius 3 is 2.92 bits per heavy atom.